The highest BCUT2D eigenvalue weighted by atomic mass is 32.2. The molecule has 1 heterocycles. The van der Waals surface area contributed by atoms with Crippen LogP contribution >= 0.6 is 11.8 Å². The molecule has 1 fully saturated rings. The molecule has 1 aromatic carbocycles. The quantitative estimate of drug-likeness (QED) is 0.741. The lowest BCUT2D eigenvalue weighted by molar-refractivity contribution is 0.130. The smallest absolute Gasteiger partial charge is 0.0236 e. The van der Waals surface area contributed by atoms with Gasteiger partial charge in [-0.1, -0.05) is 50.6 Å². The van der Waals surface area contributed by atoms with Crippen LogP contribution in [0.5, 0.6) is 0 Å². The van der Waals surface area contributed by atoms with E-state index in [9.17, 15) is 0 Å². The fraction of sp³-hybridized carbons (Fsp3) is 0.667. The van der Waals surface area contributed by atoms with Crippen LogP contribution in [0.3, 0.4) is 0 Å². The molecular weight excluding hydrogens is 276 g/mol. The monoisotopic (exact) mass is 306 g/mol. The fourth-order valence-electron chi connectivity index (χ4n) is 3.18. The van der Waals surface area contributed by atoms with Crippen LogP contribution in [0.4, 0.5) is 0 Å². The summed E-state index contributed by atoms with van der Waals surface area (Å²) in [5.74, 6) is 2.51. The minimum atomic E-state index is 0.604. The van der Waals surface area contributed by atoms with Gasteiger partial charge in [0.25, 0.3) is 0 Å². The lowest BCUT2D eigenvalue weighted by Crippen LogP contribution is -2.57. The van der Waals surface area contributed by atoms with E-state index in [4.69, 9.17) is 0 Å². The Hall–Kier alpha value is -0.510. The number of benzene rings is 1. The van der Waals surface area contributed by atoms with E-state index in [0.717, 1.165) is 19.0 Å². The molecule has 1 N–H and O–H groups in total. The zero-order valence-corrected chi connectivity index (χ0v) is 14.4. The van der Waals surface area contributed by atoms with E-state index < -0.39 is 0 Å². The Labute approximate surface area is 134 Å². The third-order valence-electron chi connectivity index (χ3n) is 4.29. The number of hydrogen-bond acceptors (Lipinski definition) is 3. The molecule has 0 saturated carbocycles. The highest BCUT2D eigenvalue weighted by molar-refractivity contribution is 7.99. The van der Waals surface area contributed by atoms with Gasteiger partial charge in [0.2, 0.25) is 0 Å². The van der Waals surface area contributed by atoms with Gasteiger partial charge in [0.15, 0.2) is 0 Å². The summed E-state index contributed by atoms with van der Waals surface area (Å²) in [6.45, 7) is 8.15. The minimum absolute atomic E-state index is 0.604. The van der Waals surface area contributed by atoms with E-state index in [1.807, 2.05) is 0 Å². The van der Waals surface area contributed by atoms with E-state index in [0.29, 0.717) is 6.04 Å². The summed E-state index contributed by atoms with van der Waals surface area (Å²) in [5, 5.41) is 3.77. The van der Waals surface area contributed by atoms with Gasteiger partial charge < -0.3 is 5.32 Å². The second-order valence-corrected chi connectivity index (χ2v) is 7.32. The van der Waals surface area contributed by atoms with Gasteiger partial charge in [0.05, 0.1) is 0 Å². The molecule has 0 aliphatic carbocycles. The van der Waals surface area contributed by atoms with Gasteiger partial charge in [-0.3, -0.25) is 4.90 Å². The molecule has 2 atom stereocenters. The first-order valence-electron chi connectivity index (χ1n) is 8.42. The number of piperazine rings is 1. The first-order chi connectivity index (χ1) is 10.3. The largest absolute Gasteiger partial charge is 0.311 e. The zero-order valence-electron chi connectivity index (χ0n) is 13.6. The topological polar surface area (TPSA) is 15.3 Å². The average molecular weight is 307 g/mol. The molecule has 3 heteroatoms. The van der Waals surface area contributed by atoms with Gasteiger partial charge in [-0.25, -0.2) is 0 Å². The van der Waals surface area contributed by atoms with Crippen molar-refractivity contribution in [2.75, 3.05) is 31.1 Å². The van der Waals surface area contributed by atoms with Crippen LogP contribution < -0.4 is 5.32 Å². The van der Waals surface area contributed by atoms with Crippen molar-refractivity contribution < 1.29 is 0 Å². The maximum atomic E-state index is 3.77. The molecule has 0 amide bonds. The second-order valence-electron chi connectivity index (χ2n) is 5.93. The van der Waals surface area contributed by atoms with Gasteiger partial charge in [0.1, 0.15) is 0 Å². The summed E-state index contributed by atoms with van der Waals surface area (Å²) < 4.78 is 0. The number of hydrogen-bond donors (Lipinski definition) is 1. The molecule has 1 aliphatic rings. The van der Waals surface area contributed by atoms with Gasteiger partial charge >= 0.3 is 0 Å². The molecule has 0 aromatic heterocycles. The second kappa shape index (κ2) is 9.50. The van der Waals surface area contributed by atoms with Crippen LogP contribution in [-0.2, 0) is 6.42 Å². The standard InChI is InChI=1S/C18H30N2S/c1-3-8-18-14-19-17(13-16-9-6-5-7-10-16)15-20(18)11-12-21-4-2/h5-7,9-10,17-19H,3-4,8,11-15H2,1-2H3. The number of thioether (sulfide) groups is 1. The molecule has 2 rings (SSSR count). The molecule has 21 heavy (non-hydrogen) atoms. The Morgan fingerprint density at radius 2 is 2.05 bits per heavy atom. The molecule has 2 nitrogen and oxygen atoms in total. The van der Waals surface area contributed by atoms with E-state index in [-0.39, 0.29) is 0 Å². The fourth-order valence-corrected chi connectivity index (χ4v) is 3.83. The molecule has 118 valence electrons. The van der Waals surface area contributed by atoms with Crippen molar-refractivity contribution in [1.29, 1.82) is 0 Å². The van der Waals surface area contributed by atoms with E-state index in [2.05, 4.69) is 66.2 Å². The normalized spacial score (nSPS) is 23.3. The molecule has 1 aliphatic heterocycles. The Bertz CT molecular complexity index is 382. The Morgan fingerprint density at radius 1 is 1.24 bits per heavy atom. The molecule has 1 saturated heterocycles. The van der Waals surface area contributed by atoms with Gasteiger partial charge in [0, 0.05) is 37.5 Å². The summed E-state index contributed by atoms with van der Waals surface area (Å²) in [7, 11) is 0. The Balaban J connectivity index is 1.87. The Morgan fingerprint density at radius 3 is 2.76 bits per heavy atom. The SMILES string of the molecule is CCCC1CNC(Cc2ccccc2)CN1CCSCC. The van der Waals surface area contributed by atoms with Crippen molar-refractivity contribution in [2.24, 2.45) is 0 Å². The summed E-state index contributed by atoms with van der Waals surface area (Å²) in [6.07, 6.45) is 3.76. The number of nitrogens with one attached hydrogen (secondary N) is 1. The van der Waals surface area contributed by atoms with Crippen molar-refractivity contribution >= 4 is 11.8 Å². The van der Waals surface area contributed by atoms with Crippen LogP contribution in [0.25, 0.3) is 0 Å². The maximum Gasteiger partial charge on any atom is 0.0236 e. The first-order valence-corrected chi connectivity index (χ1v) is 9.58. The number of nitrogens with zero attached hydrogens (tertiary/aromatic N) is 1. The van der Waals surface area contributed by atoms with E-state index in [1.54, 1.807) is 0 Å². The average Bonchev–Trinajstić information content (AvgIpc) is 2.51. The lowest BCUT2D eigenvalue weighted by atomic mass is 10.00. The summed E-state index contributed by atoms with van der Waals surface area (Å²) in [6, 6.07) is 12.2. The van der Waals surface area contributed by atoms with E-state index in [1.165, 1.54) is 43.0 Å². The van der Waals surface area contributed by atoms with Crippen molar-refractivity contribution in [3.8, 4) is 0 Å². The maximum absolute atomic E-state index is 3.77. The third kappa shape index (κ3) is 5.65. The lowest BCUT2D eigenvalue weighted by Gasteiger charge is -2.40. The van der Waals surface area contributed by atoms with Crippen LogP contribution in [0.15, 0.2) is 30.3 Å². The third-order valence-corrected chi connectivity index (χ3v) is 5.17. The summed E-state index contributed by atoms with van der Waals surface area (Å²) in [5.41, 5.74) is 1.45. The molecule has 0 radical (unpaired) electrons. The Kier molecular flexibility index (Phi) is 7.62. The highest BCUT2D eigenvalue weighted by Crippen LogP contribution is 2.16. The highest BCUT2D eigenvalue weighted by Gasteiger charge is 2.26. The molecule has 1 aromatic rings. The van der Waals surface area contributed by atoms with Gasteiger partial charge in [-0.2, -0.15) is 11.8 Å². The van der Waals surface area contributed by atoms with Crippen LogP contribution in [-0.4, -0.2) is 48.1 Å². The van der Waals surface area contributed by atoms with Crippen molar-refractivity contribution in [3.63, 3.8) is 0 Å². The van der Waals surface area contributed by atoms with Crippen molar-refractivity contribution in [1.82, 2.24) is 10.2 Å². The summed E-state index contributed by atoms with van der Waals surface area (Å²) in [4.78, 5) is 2.73. The van der Waals surface area contributed by atoms with Gasteiger partial charge in [-0.15, -0.1) is 0 Å². The van der Waals surface area contributed by atoms with Crippen LogP contribution in [0.2, 0.25) is 0 Å². The van der Waals surface area contributed by atoms with Crippen molar-refractivity contribution in [2.45, 2.75) is 45.2 Å². The first kappa shape index (κ1) is 16.9. The van der Waals surface area contributed by atoms with Crippen LogP contribution in [0, 0.1) is 0 Å². The molecule has 2 unspecified atom stereocenters. The van der Waals surface area contributed by atoms with Gasteiger partial charge in [-0.05, 0) is 24.2 Å². The molecule has 0 bridgehead atoms. The van der Waals surface area contributed by atoms with Crippen molar-refractivity contribution in [3.05, 3.63) is 35.9 Å². The number of rotatable bonds is 8. The molecular formula is C18H30N2S. The van der Waals surface area contributed by atoms with Crippen LogP contribution in [0.1, 0.15) is 32.3 Å². The zero-order chi connectivity index (χ0) is 14.9. The predicted molar refractivity (Wildman–Crippen MR) is 95.2 cm³/mol. The summed E-state index contributed by atoms with van der Waals surface area (Å²) >= 11 is 2.07. The minimum Gasteiger partial charge on any atom is -0.311 e. The van der Waals surface area contributed by atoms with E-state index >= 15 is 0 Å². The predicted octanol–water partition coefficient (Wildman–Crippen LogP) is 3.42. The molecule has 0 spiro atoms.